The predicted octanol–water partition coefficient (Wildman–Crippen LogP) is 5.29. The molecule has 0 heterocycles. The molecule has 114 valence electrons. The minimum absolute atomic E-state index is 0.167. The summed E-state index contributed by atoms with van der Waals surface area (Å²) in [6.07, 6.45) is 8.88. The van der Waals surface area contributed by atoms with E-state index in [1.165, 1.54) is 32.1 Å². The van der Waals surface area contributed by atoms with E-state index in [4.69, 9.17) is 11.6 Å². The molecule has 0 atom stereocenters. The van der Waals surface area contributed by atoms with Gasteiger partial charge in [0.2, 0.25) is 0 Å². The van der Waals surface area contributed by atoms with Crippen molar-refractivity contribution in [2.45, 2.75) is 51.0 Å². The van der Waals surface area contributed by atoms with Gasteiger partial charge >= 0.3 is 0 Å². The Bertz CT molecular complexity index is 524. The van der Waals surface area contributed by atoms with Crippen molar-refractivity contribution < 1.29 is 4.79 Å². The number of nitrogens with zero attached hydrogens (tertiary/aromatic N) is 1. The summed E-state index contributed by atoms with van der Waals surface area (Å²) in [5, 5.41) is 0.650. The first-order chi connectivity index (χ1) is 10.1. The second-order valence-corrected chi connectivity index (χ2v) is 7.58. The molecule has 2 aliphatic rings. The van der Waals surface area contributed by atoms with E-state index in [2.05, 4.69) is 20.8 Å². The van der Waals surface area contributed by atoms with E-state index < -0.39 is 0 Å². The van der Waals surface area contributed by atoms with Gasteiger partial charge in [-0.2, -0.15) is 0 Å². The predicted molar refractivity (Wildman–Crippen MR) is 89.8 cm³/mol. The van der Waals surface area contributed by atoms with Crippen LogP contribution in [0.4, 0.5) is 0 Å². The Morgan fingerprint density at radius 1 is 1.19 bits per heavy atom. The topological polar surface area (TPSA) is 20.3 Å². The second kappa shape index (κ2) is 6.70. The van der Waals surface area contributed by atoms with Crippen LogP contribution in [0.5, 0.6) is 0 Å². The lowest BCUT2D eigenvalue weighted by molar-refractivity contribution is 0.0699. The van der Waals surface area contributed by atoms with Crippen molar-refractivity contribution in [1.82, 2.24) is 4.90 Å². The zero-order valence-corrected chi connectivity index (χ0v) is 14.5. The molecular formula is C17H21BrClNO. The smallest absolute Gasteiger partial charge is 0.254 e. The van der Waals surface area contributed by atoms with E-state index in [1.54, 1.807) is 6.07 Å². The maximum atomic E-state index is 12.8. The van der Waals surface area contributed by atoms with E-state index >= 15 is 0 Å². The number of benzene rings is 1. The molecule has 0 unspecified atom stereocenters. The van der Waals surface area contributed by atoms with Gasteiger partial charge in [-0.25, -0.2) is 0 Å². The number of hydrogen-bond donors (Lipinski definition) is 0. The van der Waals surface area contributed by atoms with Gasteiger partial charge in [0, 0.05) is 22.6 Å². The Morgan fingerprint density at radius 3 is 2.52 bits per heavy atom. The van der Waals surface area contributed by atoms with Crippen LogP contribution in [0.15, 0.2) is 22.7 Å². The first-order valence-corrected chi connectivity index (χ1v) is 9.08. The van der Waals surface area contributed by atoms with Crippen molar-refractivity contribution in [3.05, 3.63) is 33.3 Å². The zero-order chi connectivity index (χ0) is 14.8. The summed E-state index contributed by atoms with van der Waals surface area (Å²) < 4.78 is 0.795. The average molecular weight is 371 g/mol. The summed E-state index contributed by atoms with van der Waals surface area (Å²) in [5.41, 5.74) is 0.744. The largest absolute Gasteiger partial charge is 0.335 e. The molecule has 2 fully saturated rings. The normalized spacial score (nSPS) is 19.5. The molecule has 3 rings (SSSR count). The third-order valence-electron chi connectivity index (χ3n) is 4.59. The lowest BCUT2D eigenvalue weighted by atomic mass is 9.89. The molecule has 0 spiro atoms. The lowest BCUT2D eigenvalue weighted by Gasteiger charge is -2.30. The van der Waals surface area contributed by atoms with Gasteiger partial charge in [0.25, 0.3) is 5.91 Å². The van der Waals surface area contributed by atoms with E-state index in [0.29, 0.717) is 17.0 Å². The molecule has 4 heteroatoms. The third kappa shape index (κ3) is 3.81. The van der Waals surface area contributed by atoms with Gasteiger partial charge in [0.1, 0.15) is 0 Å². The fourth-order valence-corrected chi connectivity index (χ4v) is 3.72. The van der Waals surface area contributed by atoms with E-state index in [-0.39, 0.29) is 5.91 Å². The first kappa shape index (κ1) is 15.4. The molecule has 1 amide bonds. The van der Waals surface area contributed by atoms with Crippen molar-refractivity contribution in [1.29, 1.82) is 0 Å². The van der Waals surface area contributed by atoms with Gasteiger partial charge in [-0.05, 0) is 65.7 Å². The van der Waals surface area contributed by atoms with Crippen molar-refractivity contribution >= 4 is 33.4 Å². The van der Waals surface area contributed by atoms with Crippen LogP contribution < -0.4 is 0 Å². The van der Waals surface area contributed by atoms with Crippen LogP contribution in [0.2, 0.25) is 5.02 Å². The summed E-state index contributed by atoms with van der Waals surface area (Å²) in [6.45, 7) is 0.934. The van der Waals surface area contributed by atoms with Crippen molar-refractivity contribution in [2.75, 3.05) is 6.54 Å². The van der Waals surface area contributed by atoms with Gasteiger partial charge in [-0.15, -0.1) is 0 Å². The van der Waals surface area contributed by atoms with Gasteiger partial charge in [0.15, 0.2) is 0 Å². The number of hydrogen-bond acceptors (Lipinski definition) is 1. The molecule has 0 saturated heterocycles. The Morgan fingerprint density at radius 2 is 1.90 bits per heavy atom. The highest BCUT2D eigenvalue weighted by atomic mass is 79.9. The molecular weight excluding hydrogens is 350 g/mol. The third-order valence-corrected chi connectivity index (χ3v) is 5.81. The number of carbonyl (C=O) groups is 1. The quantitative estimate of drug-likeness (QED) is 0.705. The monoisotopic (exact) mass is 369 g/mol. The van der Waals surface area contributed by atoms with Crippen LogP contribution in [0.1, 0.15) is 55.3 Å². The zero-order valence-electron chi connectivity index (χ0n) is 12.2. The van der Waals surface area contributed by atoms with Crippen LogP contribution in [0.3, 0.4) is 0 Å². The molecule has 2 aliphatic carbocycles. The minimum atomic E-state index is 0.167. The highest BCUT2D eigenvalue weighted by Gasteiger charge is 2.34. The average Bonchev–Trinajstić information content (AvgIpc) is 3.33. The van der Waals surface area contributed by atoms with Crippen LogP contribution in [0.25, 0.3) is 0 Å². The summed E-state index contributed by atoms with van der Waals surface area (Å²) >= 11 is 9.44. The van der Waals surface area contributed by atoms with E-state index in [1.807, 2.05) is 12.1 Å². The van der Waals surface area contributed by atoms with E-state index in [9.17, 15) is 4.79 Å². The van der Waals surface area contributed by atoms with Gasteiger partial charge in [0.05, 0.1) is 5.02 Å². The van der Waals surface area contributed by atoms with Crippen LogP contribution >= 0.6 is 27.5 Å². The van der Waals surface area contributed by atoms with Crippen molar-refractivity contribution in [3.8, 4) is 0 Å². The SMILES string of the molecule is O=C(c1ccc(Cl)c(Br)c1)N(CC1CCCCC1)C1CC1. The summed E-state index contributed by atoms with van der Waals surface area (Å²) in [4.78, 5) is 14.9. The molecule has 2 saturated carbocycles. The number of rotatable bonds is 4. The van der Waals surface area contributed by atoms with Crippen molar-refractivity contribution in [2.24, 2.45) is 5.92 Å². The van der Waals surface area contributed by atoms with Crippen molar-refractivity contribution in [3.63, 3.8) is 0 Å². The van der Waals surface area contributed by atoms with Gasteiger partial charge < -0.3 is 4.90 Å². The molecule has 0 aliphatic heterocycles. The highest BCUT2D eigenvalue weighted by molar-refractivity contribution is 9.10. The summed E-state index contributed by atoms with van der Waals surface area (Å²) in [7, 11) is 0. The lowest BCUT2D eigenvalue weighted by Crippen LogP contribution is -2.37. The molecule has 0 aromatic heterocycles. The van der Waals surface area contributed by atoms with Crippen LogP contribution in [0, 0.1) is 5.92 Å². The first-order valence-electron chi connectivity index (χ1n) is 7.91. The molecule has 0 radical (unpaired) electrons. The Kier molecular flexibility index (Phi) is 4.90. The fraction of sp³-hybridized carbons (Fsp3) is 0.588. The second-order valence-electron chi connectivity index (χ2n) is 6.32. The van der Waals surface area contributed by atoms with Gasteiger partial charge in [-0.3, -0.25) is 4.79 Å². The minimum Gasteiger partial charge on any atom is -0.335 e. The maximum Gasteiger partial charge on any atom is 0.254 e. The standard InChI is InChI=1S/C17H21BrClNO/c18-15-10-13(6-9-16(15)19)17(21)20(14-7-8-14)11-12-4-2-1-3-5-12/h6,9-10,12,14H,1-5,7-8,11H2. The van der Waals surface area contributed by atoms with Crippen LogP contribution in [-0.4, -0.2) is 23.4 Å². The maximum absolute atomic E-state index is 12.8. The molecule has 1 aromatic rings. The summed E-state index contributed by atoms with van der Waals surface area (Å²) in [6, 6.07) is 5.95. The number of carbonyl (C=O) groups excluding carboxylic acids is 1. The summed E-state index contributed by atoms with van der Waals surface area (Å²) in [5.74, 6) is 0.861. The molecule has 0 bridgehead atoms. The highest BCUT2D eigenvalue weighted by Crippen LogP contribution is 2.33. The molecule has 2 nitrogen and oxygen atoms in total. The Balaban J connectivity index is 1.73. The van der Waals surface area contributed by atoms with Crippen LogP contribution in [-0.2, 0) is 0 Å². The number of halogens is 2. The van der Waals surface area contributed by atoms with Gasteiger partial charge in [-0.1, -0.05) is 30.9 Å². The molecule has 21 heavy (non-hydrogen) atoms. The fourth-order valence-electron chi connectivity index (χ4n) is 3.23. The molecule has 0 N–H and O–H groups in total. The molecule has 1 aromatic carbocycles. The number of amides is 1. The Labute approximate surface area is 140 Å². The Hall–Kier alpha value is -0.540. The van der Waals surface area contributed by atoms with E-state index in [0.717, 1.165) is 29.4 Å².